The molecule has 1 aromatic carbocycles. The molecule has 1 rings (SSSR count). The monoisotopic (exact) mass is 268 g/mol. The third kappa shape index (κ3) is 4.46. The van der Waals surface area contributed by atoms with Crippen LogP contribution in [0.5, 0.6) is 0 Å². The molecule has 102 valence electrons. The molecule has 0 amide bonds. The quantitative estimate of drug-likeness (QED) is 0.581. The highest BCUT2D eigenvalue weighted by Crippen LogP contribution is 2.34. The van der Waals surface area contributed by atoms with Gasteiger partial charge in [-0.15, -0.1) is 12.5 Å². The van der Waals surface area contributed by atoms with Gasteiger partial charge in [0.05, 0.1) is 0 Å². The smallest absolute Gasteiger partial charge is 0.355 e. The molecule has 0 fully saturated rings. The normalized spacial score (nSPS) is 14.1. The van der Waals surface area contributed by atoms with Crippen LogP contribution >= 0.6 is 0 Å². The van der Waals surface area contributed by atoms with E-state index in [1.807, 2.05) is 0 Å². The van der Waals surface area contributed by atoms with E-state index in [-0.39, 0.29) is 6.61 Å². The number of rotatable bonds is 5. The van der Waals surface area contributed by atoms with Gasteiger partial charge in [-0.05, 0) is 12.5 Å². The maximum atomic E-state index is 13.0. The summed E-state index contributed by atoms with van der Waals surface area (Å²) in [6.07, 6.45) is -5.15. The molecule has 0 aromatic heterocycles. The number of benzene rings is 1. The molecule has 0 heterocycles. The summed E-state index contributed by atoms with van der Waals surface area (Å²) in [5.74, 6) is 4.03. The van der Waals surface area contributed by atoms with E-state index in [2.05, 4.69) is 18.4 Å². The molecule has 2 unspecified atom stereocenters. The van der Waals surface area contributed by atoms with Crippen molar-refractivity contribution in [2.75, 3.05) is 6.61 Å². The van der Waals surface area contributed by atoms with Crippen molar-refractivity contribution in [3.63, 3.8) is 0 Å². The van der Waals surface area contributed by atoms with E-state index in [1.165, 1.54) is 6.08 Å². The van der Waals surface area contributed by atoms with E-state index in [1.54, 1.807) is 37.3 Å². The molecule has 0 radical (unpaired) electrons. The van der Waals surface area contributed by atoms with Gasteiger partial charge in [-0.25, -0.2) is 0 Å². The minimum atomic E-state index is -4.47. The summed E-state index contributed by atoms with van der Waals surface area (Å²) in [5.41, 5.74) is 0.518. The van der Waals surface area contributed by atoms with Crippen molar-refractivity contribution in [2.45, 2.75) is 25.1 Å². The summed E-state index contributed by atoms with van der Waals surface area (Å²) in [5, 5.41) is 0. The Hall–Kier alpha value is -1.73. The van der Waals surface area contributed by atoms with E-state index >= 15 is 0 Å². The van der Waals surface area contributed by atoms with Gasteiger partial charge in [-0.3, -0.25) is 0 Å². The first-order valence-electron chi connectivity index (χ1n) is 5.76. The van der Waals surface area contributed by atoms with Gasteiger partial charge >= 0.3 is 6.18 Å². The van der Waals surface area contributed by atoms with Gasteiger partial charge in [0.15, 0.2) is 6.10 Å². The van der Waals surface area contributed by atoms with Crippen LogP contribution in [0, 0.1) is 11.8 Å². The molecule has 19 heavy (non-hydrogen) atoms. The van der Waals surface area contributed by atoms with E-state index in [4.69, 9.17) is 4.74 Å². The van der Waals surface area contributed by atoms with Crippen molar-refractivity contribution in [3.05, 3.63) is 48.6 Å². The fraction of sp³-hybridized carbons (Fsp3) is 0.333. The Balaban J connectivity index is 2.99. The highest BCUT2D eigenvalue weighted by molar-refractivity contribution is 5.25. The molecule has 0 bridgehead atoms. The molecule has 0 aliphatic heterocycles. The largest absolute Gasteiger partial charge is 0.415 e. The van der Waals surface area contributed by atoms with Gasteiger partial charge < -0.3 is 4.74 Å². The third-order valence-corrected chi connectivity index (χ3v) is 2.60. The molecule has 1 aromatic rings. The lowest BCUT2D eigenvalue weighted by Gasteiger charge is -2.26. The van der Waals surface area contributed by atoms with Crippen LogP contribution in [-0.4, -0.2) is 18.9 Å². The van der Waals surface area contributed by atoms with Gasteiger partial charge in [-0.2, -0.15) is 13.2 Å². The van der Waals surface area contributed by atoms with Crippen LogP contribution in [0.1, 0.15) is 18.4 Å². The van der Waals surface area contributed by atoms with Gasteiger partial charge in [0.25, 0.3) is 0 Å². The Kier molecular flexibility index (Phi) is 5.65. The van der Waals surface area contributed by atoms with Crippen molar-refractivity contribution in [1.29, 1.82) is 0 Å². The molecular weight excluding hydrogens is 253 g/mol. The second-order valence-corrected chi connectivity index (χ2v) is 3.87. The number of hydrogen-bond acceptors (Lipinski definition) is 1. The first-order valence-corrected chi connectivity index (χ1v) is 5.76. The van der Waals surface area contributed by atoms with Crippen LogP contribution in [0.4, 0.5) is 13.2 Å². The maximum absolute atomic E-state index is 13.0. The summed E-state index contributed by atoms with van der Waals surface area (Å²) >= 11 is 0. The molecule has 2 atom stereocenters. The van der Waals surface area contributed by atoms with E-state index in [9.17, 15) is 13.2 Å². The van der Waals surface area contributed by atoms with Crippen molar-refractivity contribution in [3.8, 4) is 11.8 Å². The average Bonchev–Trinajstić information content (AvgIpc) is 2.38. The number of ether oxygens (including phenoxy) is 1. The Morgan fingerprint density at radius 2 is 1.95 bits per heavy atom. The Morgan fingerprint density at radius 1 is 1.32 bits per heavy atom. The summed E-state index contributed by atoms with van der Waals surface area (Å²) in [7, 11) is 0. The molecule has 4 heteroatoms. The molecular formula is C15H15F3O. The zero-order valence-corrected chi connectivity index (χ0v) is 10.6. The van der Waals surface area contributed by atoms with E-state index in [0.29, 0.717) is 5.56 Å². The standard InChI is InChI=1S/C15H15F3O/c1-3-5-11-19-14(15(16,17)18)13(4-2)12-9-7-6-8-10-12/h4,6-10,13-14H,2,11H2,1H3. The van der Waals surface area contributed by atoms with E-state index < -0.39 is 18.2 Å². The molecule has 0 saturated heterocycles. The lowest BCUT2D eigenvalue weighted by atomic mass is 9.93. The Morgan fingerprint density at radius 3 is 2.42 bits per heavy atom. The second kappa shape index (κ2) is 7.01. The first-order chi connectivity index (χ1) is 9.00. The highest BCUT2D eigenvalue weighted by atomic mass is 19.4. The number of hydrogen-bond donors (Lipinski definition) is 0. The zero-order valence-electron chi connectivity index (χ0n) is 10.6. The predicted molar refractivity (Wildman–Crippen MR) is 68.6 cm³/mol. The summed E-state index contributed by atoms with van der Waals surface area (Å²) in [4.78, 5) is 0. The summed E-state index contributed by atoms with van der Waals surface area (Å²) in [6.45, 7) is 4.78. The van der Waals surface area contributed by atoms with Crippen LogP contribution in [0.3, 0.4) is 0 Å². The van der Waals surface area contributed by atoms with Crippen molar-refractivity contribution in [1.82, 2.24) is 0 Å². The minimum absolute atomic E-state index is 0.252. The molecule has 0 aliphatic rings. The Bertz CT molecular complexity index is 454. The van der Waals surface area contributed by atoms with Crippen LogP contribution in [0.2, 0.25) is 0 Å². The van der Waals surface area contributed by atoms with Gasteiger partial charge in [0.1, 0.15) is 6.61 Å². The van der Waals surface area contributed by atoms with Crippen LogP contribution < -0.4 is 0 Å². The van der Waals surface area contributed by atoms with Gasteiger partial charge in [0.2, 0.25) is 0 Å². The fourth-order valence-electron chi connectivity index (χ4n) is 1.72. The maximum Gasteiger partial charge on any atom is 0.415 e. The van der Waals surface area contributed by atoms with E-state index in [0.717, 1.165) is 0 Å². The average molecular weight is 268 g/mol. The number of halogens is 3. The van der Waals surface area contributed by atoms with Crippen molar-refractivity contribution in [2.24, 2.45) is 0 Å². The lowest BCUT2D eigenvalue weighted by molar-refractivity contribution is -0.220. The third-order valence-electron chi connectivity index (χ3n) is 2.60. The summed E-state index contributed by atoms with van der Waals surface area (Å²) in [6, 6.07) is 8.37. The number of alkyl halides is 3. The van der Waals surface area contributed by atoms with Gasteiger partial charge in [0, 0.05) is 5.92 Å². The fourth-order valence-corrected chi connectivity index (χ4v) is 1.72. The molecule has 0 aliphatic carbocycles. The molecule has 1 nitrogen and oxygen atoms in total. The summed E-state index contributed by atoms with van der Waals surface area (Å²) < 4.78 is 44.0. The molecule has 0 saturated carbocycles. The Labute approximate surface area is 111 Å². The van der Waals surface area contributed by atoms with Crippen molar-refractivity contribution >= 4 is 0 Å². The van der Waals surface area contributed by atoms with Crippen LogP contribution in [-0.2, 0) is 4.74 Å². The highest BCUT2D eigenvalue weighted by Gasteiger charge is 2.45. The molecule has 0 N–H and O–H groups in total. The van der Waals surface area contributed by atoms with Crippen LogP contribution in [0.15, 0.2) is 43.0 Å². The van der Waals surface area contributed by atoms with Crippen LogP contribution in [0.25, 0.3) is 0 Å². The van der Waals surface area contributed by atoms with Crippen molar-refractivity contribution < 1.29 is 17.9 Å². The predicted octanol–water partition coefficient (Wildman–Crippen LogP) is 3.93. The minimum Gasteiger partial charge on any atom is -0.355 e. The topological polar surface area (TPSA) is 9.23 Å². The first kappa shape index (κ1) is 15.3. The lowest BCUT2D eigenvalue weighted by Crippen LogP contribution is -2.36. The van der Waals surface area contributed by atoms with Gasteiger partial charge in [-0.1, -0.05) is 42.3 Å². The SMILES string of the molecule is C=CC(c1ccccc1)C(OCC#CC)C(F)(F)F. The zero-order chi connectivity index (χ0) is 14.3. The molecule has 0 spiro atoms. The second-order valence-electron chi connectivity index (χ2n) is 3.87.